The van der Waals surface area contributed by atoms with Crippen LogP contribution >= 0.6 is 0 Å². The van der Waals surface area contributed by atoms with E-state index in [0.717, 1.165) is 22.5 Å². The smallest absolute Gasteiger partial charge is 0.0842 e. The second kappa shape index (κ2) is 5.48. The fraction of sp³-hybridized carbons (Fsp3) is 0.0625. The number of nitrogens with zero attached hydrogens (tertiary/aromatic N) is 4. The molecule has 0 aliphatic heterocycles. The maximum atomic E-state index is 4.29. The summed E-state index contributed by atoms with van der Waals surface area (Å²) in [5, 5.41) is 4.21. The van der Waals surface area contributed by atoms with Crippen molar-refractivity contribution in [2.24, 2.45) is 0 Å². The molecule has 4 nitrogen and oxygen atoms in total. The van der Waals surface area contributed by atoms with Gasteiger partial charge in [0, 0.05) is 24.8 Å². The fourth-order valence-corrected chi connectivity index (χ4v) is 1.97. The lowest BCUT2D eigenvalue weighted by atomic mass is 10.1. The first-order valence-electron chi connectivity index (χ1n) is 6.38. The van der Waals surface area contributed by atoms with Gasteiger partial charge in [0.05, 0.1) is 17.6 Å². The first-order chi connectivity index (χ1) is 9.83. The minimum Gasteiger partial charge on any atom is -0.261 e. The van der Waals surface area contributed by atoms with Crippen LogP contribution < -0.4 is 0 Å². The summed E-state index contributed by atoms with van der Waals surface area (Å²) < 4.78 is 1.84. The number of hydrogen-bond acceptors (Lipinski definition) is 3. The summed E-state index contributed by atoms with van der Waals surface area (Å²) in [7, 11) is 0. The van der Waals surface area contributed by atoms with Gasteiger partial charge in [0.2, 0.25) is 0 Å². The van der Waals surface area contributed by atoms with Crippen molar-refractivity contribution in [3.63, 3.8) is 0 Å². The molecule has 4 heteroatoms. The Balaban J connectivity index is 1.85. The summed E-state index contributed by atoms with van der Waals surface area (Å²) in [6.07, 6.45) is 10.9. The van der Waals surface area contributed by atoms with Crippen LogP contribution in [-0.2, 0) is 0 Å². The molecular weight excluding hydrogens is 248 g/mol. The van der Waals surface area contributed by atoms with Gasteiger partial charge < -0.3 is 0 Å². The zero-order valence-corrected chi connectivity index (χ0v) is 11.1. The lowest BCUT2D eigenvalue weighted by molar-refractivity contribution is 0.880. The molecule has 0 bridgehead atoms. The maximum Gasteiger partial charge on any atom is 0.0842 e. The van der Waals surface area contributed by atoms with E-state index in [2.05, 4.69) is 33.3 Å². The number of hydrogen-bond donors (Lipinski definition) is 0. The quantitative estimate of drug-likeness (QED) is 0.728. The van der Waals surface area contributed by atoms with Crippen molar-refractivity contribution in [3.05, 3.63) is 72.6 Å². The molecule has 3 aromatic rings. The Labute approximate surface area is 117 Å². The van der Waals surface area contributed by atoms with Crippen LogP contribution in [-0.4, -0.2) is 19.7 Å². The van der Waals surface area contributed by atoms with Crippen LogP contribution in [0, 0.1) is 0 Å². The third-order valence-corrected chi connectivity index (χ3v) is 3.01. The highest BCUT2D eigenvalue weighted by atomic mass is 15.3. The van der Waals surface area contributed by atoms with E-state index >= 15 is 0 Å². The highest BCUT2D eigenvalue weighted by Crippen LogP contribution is 2.16. The molecule has 0 saturated heterocycles. The van der Waals surface area contributed by atoms with Gasteiger partial charge in [0.1, 0.15) is 0 Å². The van der Waals surface area contributed by atoms with Gasteiger partial charge in [-0.1, -0.05) is 12.1 Å². The van der Waals surface area contributed by atoms with Crippen LogP contribution in [0.2, 0.25) is 0 Å². The average molecular weight is 262 g/mol. The third kappa shape index (κ3) is 2.64. The van der Waals surface area contributed by atoms with Crippen LogP contribution in [0.3, 0.4) is 0 Å². The lowest BCUT2D eigenvalue weighted by Crippen LogP contribution is -1.93. The Bertz CT molecular complexity index is 698. The second-order valence-corrected chi connectivity index (χ2v) is 4.46. The van der Waals surface area contributed by atoms with Gasteiger partial charge in [-0.25, -0.2) is 4.68 Å². The van der Waals surface area contributed by atoms with Crippen molar-refractivity contribution in [2.75, 3.05) is 0 Å². The highest BCUT2D eigenvalue weighted by Gasteiger charge is 1.99. The summed E-state index contributed by atoms with van der Waals surface area (Å²) in [6, 6.07) is 10.1. The molecular formula is C16H14N4. The zero-order valence-electron chi connectivity index (χ0n) is 11.1. The number of allylic oxidation sites excluding steroid dienone is 1. The van der Waals surface area contributed by atoms with Gasteiger partial charge >= 0.3 is 0 Å². The predicted molar refractivity (Wildman–Crippen MR) is 79.1 cm³/mol. The largest absolute Gasteiger partial charge is 0.261 e. The summed E-state index contributed by atoms with van der Waals surface area (Å²) in [5.74, 6) is 0. The van der Waals surface area contributed by atoms with E-state index in [4.69, 9.17) is 0 Å². The van der Waals surface area contributed by atoms with Crippen LogP contribution in [0.25, 0.3) is 17.3 Å². The Morgan fingerprint density at radius 3 is 2.60 bits per heavy atom. The summed E-state index contributed by atoms with van der Waals surface area (Å²) in [5.41, 5.74) is 4.15. The van der Waals surface area contributed by atoms with E-state index in [1.807, 2.05) is 36.0 Å². The first-order valence-corrected chi connectivity index (χ1v) is 6.38. The van der Waals surface area contributed by atoms with E-state index in [9.17, 15) is 0 Å². The van der Waals surface area contributed by atoms with Gasteiger partial charge in [-0.05, 0) is 42.3 Å². The zero-order chi connectivity index (χ0) is 13.8. The van der Waals surface area contributed by atoms with Crippen molar-refractivity contribution in [2.45, 2.75) is 6.92 Å². The lowest BCUT2D eigenvalue weighted by Gasteiger charge is -2.03. The topological polar surface area (TPSA) is 43.6 Å². The average Bonchev–Trinajstić information content (AvgIpc) is 3.03. The van der Waals surface area contributed by atoms with Gasteiger partial charge in [-0.2, -0.15) is 5.10 Å². The molecule has 0 unspecified atom stereocenters. The van der Waals surface area contributed by atoms with Crippen LogP contribution in [0.15, 0.2) is 61.3 Å². The molecule has 0 N–H and O–H groups in total. The van der Waals surface area contributed by atoms with E-state index in [1.165, 1.54) is 0 Å². The highest BCUT2D eigenvalue weighted by molar-refractivity contribution is 5.78. The van der Waals surface area contributed by atoms with Gasteiger partial charge in [-0.15, -0.1) is 0 Å². The van der Waals surface area contributed by atoms with Crippen molar-refractivity contribution in [1.29, 1.82) is 0 Å². The number of aromatic nitrogens is 4. The summed E-state index contributed by atoms with van der Waals surface area (Å²) in [6.45, 7) is 2.03. The minimum absolute atomic E-state index is 0.892. The summed E-state index contributed by atoms with van der Waals surface area (Å²) in [4.78, 5) is 8.37. The summed E-state index contributed by atoms with van der Waals surface area (Å²) >= 11 is 0. The molecule has 0 atom stereocenters. The van der Waals surface area contributed by atoms with E-state index in [0.29, 0.717) is 0 Å². The molecule has 0 amide bonds. The Morgan fingerprint density at radius 2 is 1.95 bits per heavy atom. The minimum atomic E-state index is 0.892. The molecule has 2 aromatic heterocycles. The SMILES string of the molecule is C/C(=C/c1ccc(-n2cccn2)cc1)c1cnccn1. The molecule has 0 saturated carbocycles. The van der Waals surface area contributed by atoms with Crippen LogP contribution in [0.4, 0.5) is 0 Å². The normalized spacial score (nSPS) is 11.6. The van der Waals surface area contributed by atoms with E-state index < -0.39 is 0 Å². The second-order valence-electron chi connectivity index (χ2n) is 4.46. The van der Waals surface area contributed by atoms with Crippen molar-refractivity contribution in [1.82, 2.24) is 19.7 Å². The standard InChI is InChI=1S/C16H14N4/c1-13(16-12-17-8-9-18-16)11-14-3-5-15(6-4-14)20-10-2-7-19-20/h2-12H,1H3/b13-11-. The molecule has 98 valence electrons. The van der Waals surface area contributed by atoms with Crippen LogP contribution in [0.5, 0.6) is 0 Å². The molecule has 2 heterocycles. The Kier molecular flexibility index (Phi) is 3.37. The van der Waals surface area contributed by atoms with Gasteiger partial charge in [0.15, 0.2) is 0 Å². The molecule has 0 aliphatic rings. The molecule has 0 spiro atoms. The number of rotatable bonds is 3. The molecule has 0 radical (unpaired) electrons. The maximum absolute atomic E-state index is 4.29. The molecule has 3 rings (SSSR count). The van der Waals surface area contributed by atoms with E-state index in [-0.39, 0.29) is 0 Å². The van der Waals surface area contributed by atoms with Gasteiger partial charge in [-0.3, -0.25) is 9.97 Å². The monoisotopic (exact) mass is 262 g/mol. The van der Waals surface area contributed by atoms with Crippen LogP contribution in [0.1, 0.15) is 18.2 Å². The number of benzene rings is 1. The van der Waals surface area contributed by atoms with Gasteiger partial charge in [0.25, 0.3) is 0 Å². The molecule has 1 aromatic carbocycles. The van der Waals surface area contributed by atoms with Crippen molar-refractivity contribution < 1.29 is 0 Å². The van der Waals surface area contributed by atoms with Crippen molar-refractivity contribution in [3.8, 4) is 5.69 Å². The molecule has 20 heavy (non-hydrogen) atoms. The predicted octanol–water partition coefficient (Wildman–Crippen LogP) is 3.22. The first kappa shape index (κ1) is 12.3. The fourth-order valence-electron chi connectivity index (χ4n) is 1.97. The van der Waals surface area contributed by atoms with E-state index in [1.54, 1.807) is 24.8 Å². The Hall–Kier alpha value is -2.75. The molecule has 0 aliphatic carbocycles. The third-order valence-electron chi connectivity index (χ3n) is 3.01. The Morgan fingerprint density at radius 1 is 1.10 bits per heavy atom. The molecule has 0 fully saturated rings. The van der Waals surface area contributed by atoms with Crippen molar-refractivity contribution >= 4 is 11.6 Å².